The van der Waals surface area contributed by atoms with E-state index < -0.39 is 15.7 Å². The van der Waals surface area contributed by atoms with E-state index in [9.17, 15) is 14.3 Å². The molecular formula is C11H15ClN2O3S. The van der Waals surface area contributed by atoms with Crippen LogP contribution >= 0.6 is 11.6 Å². The molecule has 0 aliphatic rings. The maximum absolute atomic E-state index is 11.1. The van der Waals surface area contributed by atoms with Crippen LogP contribution in [-0.4, -0.2) is 27.2 Å². The van der Waals surface area contributed by atoms with Crippen molar-refractivity contribution in [3.05, 3.63) is 38.9 Å². The number of halogens is 1. The fraction of sp³-hybridized carbons (Fsp3) is 0.455. The molecule has 0 fully saturated rings. The van der Waals surface area contributed by atoms with E-state index in [1.807, 2.05) is 6.92 Å². The molecule has 2 atom stereocenters. The lowest BCUT2D eigenvalue weighted by Crippen LogP contribution is -2.27. The van der Waals surface area contributed by atoms with E-state index in [2.05, 4.69) is 5.32 Å². The molecule has 0 aliphatic carbocycles. The van der Waals surface area contributed by atoms with E-state index in [4.69, 9.17) is 11.6 Å². The minimum Gasteiger partial charge on any atom is -0.311 e. The number of non-ortho nitro benzene ring substituents is 1. The zero-order valence-corrected chi connectivity index (χ0v) is 11.8. The molecule has 100 valence electrons. The predicted molar refractivity (Wildman–Crippen MR) is 73.3 cm³/mol. The molecule has 0 radical (unpaired) electrons. The molecule has 0 aromatic heterocycles. The Balaban J connectivity index is 2.58. The first kappa shape index (κ1) is 15.1. The molecule has 2 unspecified atom stereocenters. The standard InChI is InChI=1S/C11H15ClN2O3S/c1-8(18(2)17)6-13-7-9-3-4-10(14(15)16)5-11(9)12/h3-5,8,13H,6-7H2,1-2H3. The summed E-state index contributed by atoms with van der Waals surface area (Å²) in [6.07, 6.45) is 1.66. The molecule has 7 heteroatoms. The summed E-state index contributed by atoms with van der Waals surface area (Å²) in [6, 6.07) is 4.38. The van der Waals surface area contributed by atoms with Crippen LogP contribution in [0.1, 0.15) is 12.5 Å². The van der Waals surface area contributed by atoms with E-state index in [0.29, 0.717) is 18.1 Å². The van der Waals surface area contributed by atoms with Gasteiger partial charge in [-0.15, -0.1) is 0 Å². The van der Waals surface area contributed by atoms with Gasteiger partial charge in [-0.25, -0.2) is 0 Å². The van der Waals surface area contributed by atoms with Gasteiger partial charge in [0, 0.05) is 47.5 Å². The number of rotatable bonds is 6. The van der Waals surface area contributed by atoms with E-state index in [0.717, 1.165) is 5.56 Å². The number of hydrogen-bond acceptors (Lipinski definition) is 4. The van der Waals surface area contributed by atoms with Gasteiger partial charge in [-0.05, 0) is 18.6 Å². The molecule has 1 rings (SSSR count). The van der Waals surface area contributed by atoms with Crippen LogP contribution in [0.2, 0.25) is 5.02 Å². The first-order valence-electron chi connectivity index (χ1n) is 5.37. The number of nitrogens with zero attached hydrogens (tertiary/aromatic N) is 1. The Morgan fingerprint density at radius 1 is 1.56 bits per heavy atom. The number of nitrogens with one attached hydrogen (secondary N) is 1. The van der Waals surface area contributed by atoms with Crippen LogP contribution in [0.3, 0.4) is 0 Å². The van der Waals surface area contributed by atoms with E-state index in [1.54, 1.807) is 12.3 Å². The van der Waals surface area contributed by atoms with Crippen LogP contribution in [0, 0.1) is 10.1 Å². The highest BCUT2D eigenvalue weighted by Crippen LogP contribution is 2.22. The first-order chi connectivity index (χ1) is 8.41. The summed E-state index contributed by atoms with van der Waals surface area (Å²) in [5.74, 6) is 0. The number of hydrogen-bond donors (Lipinski definition) is 1. The largest absolute Gasteiger partial charge is 0.311 e. The SMILES string of the molecule is CC(CNCc1ccc([N+](=O)[O-])cc1Cl)S(C)=O. The summed E-state index contributed by atoms with van der Waals surface area (Å²) in [7, 11) is -0.868. The monoisotopic (exact) mass is 290 g/mol. The van der Waals surface area contributed by atoms with Gasteiger partial charge in [0.25, 0.3) is 5.69 Å². The molecule has 5 nitrogen and oxygen atoms in total. The molecule has 1 N–H and O–H groups in total. The van der Waals surface area contributed by atoms with E-state index in [-0.39, 0.29) is 10.9 Å². The molecule has 0 bridgehead atoms. The average Bonchev–Trinajstić information content (AvgIpc) is 2.30. The van der Waals surface area contributed by atoms with Crippen LogP contribution in [0.5, 0.6) is 0 Å². The molecule has 18 heavy (non-hydrogen) atoms. The topological polar surface area (TPSA) is 72.2 Å². The molecule has 0 aliphatic heterocycles. The van der Waals surface area contributed by atoms with Crippen molar-refractivity contribution in [3.8, 4) is 0 Å². The highest BCUT2D eigenvalue weighted by Gasteiger charge is 2.10. The van der Waals surface area contributed by atoms with Crippen LogP contribution < -0.4 is 5.32 Å². The zero-order chi connectivity index (χ0) is 13.7. The fourth-order valence-corrected chi connectivity index (χ4v) is 1.91. The van der Waals surface area contributed by atoms with Crippen LogP contribution in [0.25, 0.3) is 0 Å². The van der Waals surface area contributed by atoms with Crippen molar-refractivity contribution in [3.63, 3.8) is 0 Å². The Morgan fingerprint density at radius 3 is 2.72 bits per heavy atom. The zero-order valence-electron chi connectivity index (χ0n) is 10.2. The summed E-state index contributed by atoms with van der Waals surface area (Å²) in [6.45, 7) is 3.00. The molecule has 0 saturated carbocycles. The summed E-state index contributed by atoms with van der Waals surface area (Å²) in [5.41, 5.74) is 0.767. The number of nitro benzene ring substituents is 1. The Hall–Kier alpha value is -0.980. The molecule has 1 aromatic carbocycles. The summed E-state index contributed by atoms with van der Waals surface area (Å²) < 4.78 is 11.1. The van der Waals surface area contributed by atoms with Crippen molar-refractivity contribution >= 4 is 28.1 Å². The van der Waals surface area contributed by atoms with E-state index >= 15 is 0 Å². The first-order valence-corrected chi connectivity index (χ1v) is 7.37. The van der Waals surface area contributed by atoms with Crippen LogP contribution in [0.4, 0.5) is 5.69 Å². The normalized spacial score (nSPS) is 14.2. The molecule has 0 saturated heterocycles. The van der Waals surface area contributed by atoms with E-state index in [1.165, 1.54) is 12.1 Å². The number of nitro groups is 1. The van der Waals surface area contributed by atoms with Gasteiger partial charge in [0.2, 0.25) is 0 Å². The molecule has 1 aromatic rings. The van der Waals surface area contributed by atoms with Gasteiger partial charge >= 0.3 is 0 Å². The Bertz CT molecular complexity index is 468. The lowest BCUT2D eigenvalue weighted by Gasteiger charge is -2.10. The third-order valence-electron chi connectivity index (χ3n) is 2.56. The second kappa shape index (κ2) is 6.82. The molecule has 0 amide bonds. The second-order valence-electron chi connectivity index (χ2n) is 3.97. The quantitative estimate of drug-likeness (QED) is 0.643. The van der Waals surface area contributed by atoms with Crippen molar-refractivity contribution in [2.75, 3.05) is 12.8 Å². The van der Waals surface area contributed by atoms with Crippen molar-refractivity contribution in [1.82, 2.24) is 5.32 Å². The molecular weight excluding hydrogens is 276 g/mol. The summed E-state index contributed by atoms with van der Waals surface area (Å²) in [5, 5.41) is 14.1. The maximum Gasteiger partial charge on any atom is 0.270 e. The van der Waals surface area contributed by atoms with Gasteiger partial charge in [0.1, 0.15) is 0 Å². The highest BCUT2D eigenvalue weighted by atomic mass is 35.5. The van der Waals surface area contributed by atoms with Gasteiger partial charge in [-0.1, -0.05) is 11.6 Å². The third kappa shape index (κ3) is 4.36. The third-order valence-corrected chi connectivity index (χ3v) is 4.21. The summed E-state index contributed by atoms with van der Waals surface area (Å²) in [4.78, 5) is 10.1. The van der Waals surface area contributed by atoms with Gasteiger partial charge in [-0.2, -0.15) is 0 Å². The fourth-order valence-electron chi connectivity index (χ4n) is 1.32. The van der Waals surface area contributed by atoms with Crippen molar-refractivity contribution in [2.24, 2.45) is 0 Å². The van der Waals surface area contributed by atoms with Gasteiger partial charge in [0.05, 0.1) is 9.95 Å². The van der Waals surface area contributed by atoms with Crippen molar-refractivity contribution < 1.29 is 9.13 Å². The Kier molecular flexibility index (Phi) is 5.71. The van der Waals surface area contributed by atoms with Crippen LogP contribution in [0.15, 0.2) is 18.2 Å². The van der Waals surface area contributed by atoms with Crippen molar-refractivity contribution in [1.29, 1.82) is 0 Å². The number of benzene rings is 1. The smallest absolute Gasteiger partial charge is 0.270 e. The minimum absolute atomic E-state index is 0.0215. The maximum atomic E-state index is 11.1. The van der Waals surface area contributed by atoms with Gasteiger partial charge in [-0.3, -0.25) is 14.3 Å². The second-order valence-corrected chi connectivity index (χ2v) is 6.18. The summed E-state index contributed by atoms with van der Waals surface area (Å²) >= 11 is 5.95. The minimum atomic E-state index is -0.868. The Morgan fingerprint density at radius 2 is 2.22 bits per heavy atom. The highest BCUT2D eigenvalue weighted by molar-refractivity contribution is 7.84. The lowest BCUT2D eigenvalue weighted by molar-refractivity contribution is -0.384. The van der Waals surface area contributed by atoms with Crippen molar-refractivity contribution in [2.45, 2.75) is 18.7 Å². The average molecular weight is 291 g/mol. The van der Waals surface area contributed by atoms with Gasteiger partial charge in [0.15, 0.2) is 0 Å². The van der Waals surface area contributed by atoms with Crippen LogP contribution in [-0.2, 0) is 17.3 Å². The molecule has 0 heterocycles. The Labute approximate surface area is 113 Å². The van der Waals surface area contributed by atoms with Gasteiger partial charge < -0.3 is 5.32 Å². The predicted octanol–water partition coefficient (Wildman–Crippen LogP) is 2.10. The molecule has 0 spiro atoms. The lowest BCUT2D eigenvalue weighted by atomic mass is 10.2.